The lowest BCUT2D eigenvalue weighted by Crippen LogP contribution is -2.59. The van der Waals surface area contributed by atoms with E-state index in [0.717, 1.165) is 13.0 Å². The first kappa shape index (κ1) is 12.0. The highest BCUT2D eigenvalue weighted by Gasteiger charge is 2.37. The van der Waals surface area contributed by atoms with Gasteiger partial charge in [-0.1, -0.05) is 0 Å². The molecular weight excluding hydrogens is 176 g/mol. The zero-order chi connectivity index (χ0) is 10.8. The summed E-state index contributed by atoms with van der Waals surface area (Å²) in [5, 5.41) is 9.54. The fourth-order valence-corrected chi connectivity index (χ4v) is 2.22. The van der Waals surface area contributed by atoms with Gasteiger partial charge in [-0.05, 0) is 47.3 Å². The molecule has 14 heavy (non-hydrogen) atoms. The molecule has 3 heteroatoms. The minimum absolute atomic E-state index is 0.0114. The summed E-state index contributed by atoms with van der Waals surface area (Å²) in [5.41, 5.74) is -0.0114. The van der Waals surface area contributed by atoms with Crippen LogP contribution >= 0.6 is 0 Å². The fraction of sp³-hybridized carbons (Fsp3) is 1.00. The van der Waals surface area contributed by atoms with Gasteiger partial charge in [0.15, 0.2) is 0 Å². The molecule has 1 saturated heterocycles. The molecule has 1 unspecified atom stereocenters. The van der Waals surface area contributed by atoms with E-state index in [1.165, 1.54) is 13.0 Å². The van der Waals surface area contributed by atoms with Crippen molar-refractivity contribution in [1.29, 1.82) is 0 Å². The first-order chi connectivity index (χ1) is 6.52. The van der Waals surface area contributed by atoms with Crippen LogP contribution in [0.3, 0.4) is 0 Å². The third-order valence-corrected chi connectivity index (χ3v) is 3.56. The number of hydrogen-bond acceptors (Lipinski definition) is 3. The highest BCUT2D eigenvalue weighted by atomic mass is 16.3. The van der Waals surface area contributed by atoms with Crippen LogP contribution < -0.4 is 0 Å². The quantitative estimate of drug-likeness (QED) is 0.729. The minimum Gasteiger partial charge on any atom is -0.394 e. The lowest BCUT2D eigenvalue weighted by Gasteiger charge is -2.47. The Kier molecular flexibility index (Phi) is 3.93. The van der Waals surface area contributed by atoms with Crippen molar-refractivity contribution in [1.82, 2.24) is 9.80 Å². The zero-order valence-electron chi connectivity index (χ0n) is 9.95. The fourth-order valence-electron chi connectivity index (χ4n) is 2.22. The summed E-state index contributed by atoms with van der Waals surface area (Å²) in [5.74, 6) is 0. The van der Waals surface area contributed by atoms with Crippen LogP contribution in [-0.4, -0.2) is 60.3 Å². The molecule has 1 heterocycles. The van der Waals surface area contributed by atoms with Gasteiger partial charge in [-0.3, -0.25) is 4.90 Å². The number of nitrogens with zero attached hydrogens (tertiary/aromatic N) is 2. The first-order valence-corrected chi connectivity index (χ1v) is 5.54. The van der Waals surface area contributed by atoms with E-state index >= 15 is 0 Å². The van der Waals surface area contributed by atoms with Gasteiger partial charge in [0.05, 0.1) is 12.1 Å². The highest BCUT2D eigenvalue weighted by molar-refractivity contribution is 4.94. The zero-order valence-corrected chi connectivity index (χ0v) is 9.95. The second kappa shape index (κ2) is 4.60. The molecule has 0 radical (unpaired) electrons. The topological polar surface area (TPSA) is 26.7 Å². The number of aliphatic hydroxyl groups is 1. The third-order valence-electron chi connectivity index (χ3n) is 3.56. The molecule has 0 aromatic rings. The summed E-state index contributed by atoms with van der Waals surface area (Å²) >= 11 is 0. The Labute approximate surface area is 87.7 Å². The Morgan fingerprint density at radius 1 is 1.43 bits per heavy atom. The van der Waals surface area contributed by atoms with Crippen LogP contribution in [0.2, 0.25) is 0 Å². The maximum absolute atomic E-state index is 9.54. The van der Waals surface area contributed by atoms with Crippen molar-refractivity contribution >= 4 is 0 Å². The average molecular weight is 200 g/mol. The lowest BCUT2D eigenvalue weighted by molar-refractivity contribution is -0.00977. The van der Waals surface area contributed by atoms with Gasteiger partial charge in [-0.25, -0.2) is 0 Å². The predicted molar refractivity (Wildman–Crippen MR) is 59.4 cm³/mol. The predicted octanol–water partition coefficient (Wildman–Crippen LogP) is 0.783. The number of likely N-dealkylation sites (tertiary alicyclic amines) is 1. The molecule has 1 aliphatic rings. The van der Waals surface area contributed by atoms with Crippen LogP contribution in [0.15, 0.2) is 0 Å². The van der Waals surface area contributed by atoms with E-state index in [-0.39, 0.29) is 12.1 Å². The van der Waals surface area contributed by atoms with Crippen molar-refractivity contribution in [3.05, 3.63) is 0 Å². The molecule has 1 aliphatic heterocycles. The highest BCUT2D eigenvalue weighted by Crippen LogP contribution is 2.26. The normalized spacial score (nSPS) is 30.2. The van der Waals surface area contributed by atoms with Crippen LogP contribution in [0.4, 0.5) is 0 Å². The van der Waals surface area contributed by atoms with Gasteiger partial charge in [-0.15, -0.1) is 0 Å². The van der Waals surface area contributed by atoms with Crippen molar-refractivity contribution < 1.29 is 5.11 Å². The largest absolute Gasteiger partial charge is 0.394 e. The van der Waals surface area contributed by atoms with Crippen LogP contribution in [0.5, 0.6) is 0 Å². The molecule has 1 fully saturated rings. The monoisotopic (exact) mass is 200 g/mol. The summed E-state index contributed by atoms with van der Waals surface area (Å²) < 4.78 is 0. The SMILES string of the molecule is CC(C)N1CCCC(CO)(N(C)C)C1. The standard InChI is InChI=1S/C11H24N2O/c1-10(2)13-7-5-6-11(8-13,9-14)12(3)4/h10,14H,5-9H2,1-4H3. The van der Waals surface area contributed by atoms with E-state index in [9.17, 15) is 5.11 Å². The van der Waals surface area contributed by atoms with Gasteiger partial charge >= 0.3 is 0 Å². The van der Waals surface area contributed by atoms with Crippen molar-refractivity contribution in [2.45, 2.75) is 38.3 Å². The number of rotatable bonds is 3. The second-order valence-electron chi connectivity index (χ2n) is 4.94. The van der Waals surface area contributed by atoms with Crippen LogP contribution in [0.25, 0.3) is 0 Å². The van der Waals surface area contributed by atoms with Gasteiger partial charge in [0, 0.05) is 12.6 Å². The molecule has 0 spiro atoms. The van der Waals surface area contributed by atoms with E-state index < -0.39 is 0 Å². The molecule has 0 amide bonds. The lowest BCUT2D eigenvalue weighted by atomic mass is 9.88. The van der Waals surface area contributed by atoms with Gasteiger partial charge in [0.2, 0.25) is 0 Å². The molecule has 0 saturated carbocycles. The van der Waals surface area contributed by atoms with Gasteiger partial charge in [0.1, 0.15) is 0 Å². The molecule has 84 valence electrons. The molecule has 3 nitrogen and oxygen atoms in total. The maximum atomic E-state index is 9.54. The molecular formula is C11H24N2O. The third kappa shape index (κ3) is 2.27. The Morgan fingerprint density at radius 2 is 2.07 bits per heavy atom. The average Bonchev–Trinajstić information content (AvgIpc) is 2.17. The van der Waals surface area contributed by atoms with Crippen LogP contribution in [0.1, 0.15) is 26.7 Å². The summed E-state index contributed by atoms with van der Waals surface area (Å²) in [6, 6.07) is 0.584. The van der Waals surface area contributed by atoms with Crippen LogP contribution in [-0.2, 0) is 0 Å². The van der Waals surface area contributed by atoms with Crippen molar-refractivity contribution in [2.75, 3.05) is 33.8 Å². The number of piperidine rings is 1. The smallest absolute Gasteiger partial charge is 0.0627 e. The molecule has 0 bridgehead atoms. The van der Waals surface area contributed by atoms with E-state index in [4.69, 9.17) is 0 Å². The Balaban J connectivity index is 2.69. The number of likely N-dealkylation sites (N-methyl/N-ethyl adjacent to an activating group) is 1. The molecule has 1 N–H and O–H groups in total. The van der Waals surface area contributed by atoms with Gasteiger partial charge in [-0.2, -0.15) is 0 Å². The Morgan fingerprint density at radius 3 is 2.50 bits per heavy atom. The van der Waals surface area contributed by atoms with Crippen molar-refractivity contribution in [2.24, 2.45) is 0 Å². The molecule has 0 aromatic heterocycles. The second-order valence-corrected chi connectivity index (χ2v) is 4.94. The van der Waals surface area contributed by atoms with Crippen LogP contribution in [0, 0.1) is 0 Å². The summed E-state index contributed by atoms with van der Waals surface area (Å²) in [7, 11) is 4.14. The van der Waals surface area contributed by atoms with E-state index in [2.05, 4.69) is 37.7 Å². The van der Waals surface area contributed by atoms with Crippen molar-refractivity contribution in [3.8, 4) is 0 Å². The molecule has 0 aliphatic carbocycles. The number of hydrogen-bond donors (Lipinski definition) is 1. The molecule has 1 atom stereocenters. The minimum atomic E-state index is -0.0114. The summed E-state index contributed by atoms with van der Waals surface area (Å²) in [6.07, 6.45) is 2.30. The maximum Gasteiger partial charge on any atom is 0.0627 e. The first-order valence-electron chi connectivity index (χ1n) is 5.54. The van der Waals surface area contributed by atoms with Gasteiger partial charge < -0.3 is 10.0 Å². The number of aliphatic hydroxyl groups excluding tert-OH is 1. The Hall–Kier alpha value is -0.120. The van der Waals surface area contributed by atoms with E-state index in [0.29, 0.717) is 6.04 Å². The molecule has 1 rings (SSSR count). The molecule has 0 aromatic carbocycles. The van der Waals surface area contributed by atoms with Crippen molar-refractivity contribution in [3.63, 3.8) is 0 Å². The van der Waals surface area contributed by atoms with E-state index in [1.54, 1.807) is 0 Å². The summed E-state index contributed by atoms with van der Waals surface area (Å²) in [6.45, 7) is 6.89. The van der Waals surface area contributed by atoms with Gasteiger partial charge in [0.25, 0.3) is 0 Å². The summed E-state index contributed by atoms with van der Waals surface area (Å²) in [4.78, 5) is 4.64. The Bertz CT molecular complexity index is 182. The van der Waals surface area contributed by atoms with E-state index in [1.807, 2.05) is 0 Å².